The highest BCUT2D eigenvalue weighted by molar-refractivity contribution is 7.91. The summed E-state index contributed by atoms with van der Waals surface area (Å²) in [6.07, 6.45) is 0.623. The van der Waals surface area contributed by atoms with Crippen molar-refractivity contribution in [3.8, 4) is 5.75 Å². The van der Waals surface area contributed by atoms with E-state index in [-0.39, 0.29) is 23.6 Å². The van der Waals surface area contributed by atoms with Crippen LogP contribution in [-0.4, -0.2) is 70.6 Å². The number of sulfone groups is 1. The molecule has 8 heteroatoms. The van der Waals surface area contributed by atoms with E-state index >= 15 is 0 Å². The van der Waals surface area contributed by atoms with Gasteiger partial charge in [0.2, 0.25) is 0 Å². The van der Waals surface area contributed by atoms with Crippen LogP contribution in [0.1, 0.15) is 31.9 Å². The number of hydrogen-bond donors (Lipinski definition) is 2. The molecule has 0 aliphatic carbocycles. The van der Waals surface area contributed by atoms with Gasteiger partial charge in [0, 0.05) is 19.6 Å². The molecule has 1 heterocycles. The van der Waals surface area contributed by atoms with E-state index in [0.29, 0.717) is 18.9 Å². The summed E-state index contributed by atoms with van der Waals surface area (Å²) in [4.78, 5) is 6.64. The van der Waals surface area contributed by atoms with Crippen LogP contribution in [0.15, 0.2) is 29.3 Å². The first-order chi connectivity index (χ1) is 12.9. The van der Waals surface area contributed by atoms with Crippen molar-refractivity contribution >= 4 is 15.8 Å². The Kier molecular flexibility index (Phi) is 7.91. The monoisotopic (exact) mass is 396 g/mol. The first-order valence-electron chi connectivity index (χ1n) is 9.48. The molecule has 1 aliphatic heterocycles. The second kappa shape index (κ2) is 9.94. The minimum atomic E-state index is -2.92. The topological polar surface area (TPSA) is 83.0 Å². The summed E-state index contributed by atoms with van der Waals surface area (Å²) in [6, 6.07) is 8.18. The Hall–Kier alpha value is -1.80. The fraction of sp³-hybridized carbons (Fsp3) is 0.632. The molecule has 2 rings (SSSR count). The second-order valence-electron chi connectivity index (χ2n) is 6.71. The lowest BCUT2D eigenvalue weighted by atomic mass is 10.0. The van der Waals surface area contributed by atoms with Gasteiger partial charge in [-0.05, 0) is 37.2 Å². The third-order valence-electron chi connectivity index (χ3n) is 4.99. The molecule has 0 radical (unpaired) electrons. The maximum absolute atomic E-state index is 11.7. The molecule has 7 nitrogen and oxygen atoms in total. The summed E-state index contributed by atoms with van der Waals surface area (Å²) in [5.74, 6) is 1.89. The van der Waals surface area contributed by atoms with Gasteiger partial charge >= 0.3 is 0 Å². The van der Waals surface area contributed by atoms with Crippen molar-refractivity contribution in [3.05, 3.63) is 29.8 Å². The number of hydrogen-bond acceptors (Lipinski definition) is 5. The minimum Gasteiger partial charge on any atom is -0.497 e. The number of aliphatic imine (C=N–C) groups is 1. The molecule has 1 aliphatic rings. The van der Waals surface area contributed by atoms with Crippen LogP contribution >= 0.6 is 0 Å². The molecule has 152 valence electrons. The van der Waals surface area contributed by atoms with E-state index in [2.05, 4.69) is 46.5 Å². The maximum Gasteiger partial charge on any atom is 0.191 e. The van der Waals surface area contributed by atoms with Crippen LogP contribution in [0, 0.1) is 0 Å². The highest BCUT2D eigenvalue weighted by Crippen LogP contribution is 2.23. The zero-order valence-corrected chi connectivity index (χ0v) is 17.6. The Morgan fingerprint density at radius 1 is 1.37 bits per heavy atom. The third kappa shape index (κ3) is 6.10. The van der Waals surface area contributed by atoms with E-state index in [0.717, 1.165) is 18.8 Å². The average molecular weight is 397 g/mol. The van der Waals surface area contributed by atoms with Gasteiger partial charge < -0.3 is 15.4 Å². The van der Waals surface area contributed by atoms with Crippen molar-refractivity contribution in [2.45, 2.75) is 32.4 Å². The molecule has 1 fully saturated rings. The van der Waals surface area contributed by atoms with Crippen LogP contribution in [0.3, 0.4) is 0 Å². The van der Waals surface area contributed by atoms with Crippen molar-refractivity contribution in [1.82, 2.24) is 15.5 Å². The Morgan fingerprint density at radius 3 is 2.67 bits per heavy atom. The van der Waals surface area contributed by atoms with Crippen molar-refractivity contribution < 1.29 is 13.2 Å². The fourth-order valence-electron chi connectivity index (χ4n) is 3.46. The average Bonchev–Trinajstić information content (AvgIpc) is 3.02. The standard InChI is InChI=1S/C19H32N4O3S/c1-5-23(6-2)18(15-8-7-9-17(12-15)26-4)13-21-19(20-3)22-16-10-11-27(24,25)14-16/h7-9,12,16,18H,5-6,10-11,13-14H2,1-4H3,(H2,20,21,22). The van der Waals surface area contributed by atoms with E-state index in [1.165, 1.54) is 5.56 Å². The number of likely N-dealkylation sites (N-methyl/N-ethyl adjacent to an activating group) is 1. The smallest absolute Gasteiger partial charge is 0.191 e. The molecule has 27 heavy (non-hydrogen) atoms. The molecule has 1 saturated heterocycles. The second-order valence-corrected chi connectivity index (χ2v) is 8.94. The molecule has 1 aromatic rings. The van der Waals surface area contributed by atoms with Crippen LogP contribution in [-0.2, 0) is 9.84 Å². The van der Waals surface area contributed by atoms with Gasteiger partial charge in [-0.3, -0.25) is 9.89 Å². The molecule has 2 N–H and O–H groups in total. The van der Waals surface area contributed by atoms with Crippen LogP contribution in [0.25, 0.3) is 0 Å². The van der Waals surface area contributed by atoms with Gasteiger partial charge in [-0.2, -0.15) is 0 Å². The number of methoxy groups -OCH3 is 1. The number of nitrogens with one attached hydrogen (secondary N) is 2. The number of guanidine groups is 1. The Bertz CT molecular complexity index is 732. The number of rotatable bonds is 8. The lowest BCUT2D eigenvalue weighted by Crippen LogP contribution is -2.47. The summed E-state index contributed by atoms with van der Waals surface area (Å²) in [7, 11) is 0.457. The summed E-state index contributed by atoms with van der Waals surface area (Å²) < 4.78 is 28.7. The quantitative estimate of drug-likeness (QED) is 0.511. The van der Waals surface area contributed by atoms with Gasteiger partial charge in [0.05, 0.1) is 24.7 Å². The first-order valence-corrected chi connectivity index (χ1v) is 11.3. The largest absolute Gasteiger partial charge is 0.497 e. The maximum atomic E-state index is 11.7. The molecule has 1 aromatic carbocycles. The zero-order chi connectivity index (χ0) is 19.9. The van der Waals surface area contributed by atoms with Crippen molar-refractivity contribution in [2.24, 2.45) is 4.99 Å². The number of benzene rings is 1. The van der Waals surface area contributed by atoms with Crippen LogP contribution < -0.4 is 15.4 Å². The zero-order valence-electron chi connectivity index (χ0n) is 16.7. The van der Waals surface area contributed by atoms with Gasteiger partial charge in [-0.15, -0.1) is 0 Å². The SMILES string of the molecule is CCN(CC)C(CNC(=NC)NC1CCS(=O)(=O)C1)c1cccc(OC)c1. The van der Waals surface area contributed by atoms with Crippen molar-refractivity contribution in [1.29, 1.82) is 0 Å². The molecule has 0 aromatic heterocycles. The fourth-order valence-corrected chi connectivity index (χ4v) is 5.13. The Morgan fingerprint density at radius 2 is 2.11 bits per heavy atom. The minimum absolute atomic E-state index is 0.0788. The van der Waals surface area contributed by atoms with Crippen LogP contribution in [0.2, 0.25) is 0 Å². The molecular weight excluding hydrogens is 364 g/mol. The molecule has 0 amide bonds. The van der Waals surface area contributed by atoms with E-state index in [1.54, 1.807) is 14.2 Å². The van der Waals surface area contributed by atoms with E-state index < -0.39 is 9.84 Å². The molecular formula is C19H32N4O3S. The molecule has 2 unspecified atom stereocenters. The van der Waals surface area contributed by atoms with Gasteiger partial charge in [0.15, 0.2) is 15.8 Å². The summed E-state index contributed by atoms with van der Waals surface area (Å²) in [6.45, 7) is 6.80. The lowest BCUT2D eigenvalue weighted by Gasteiger charge is -2.31. The normalized spacial score (nSPS) is 20.5. The van der Waals surface area contributed by atoms with E-state index in [4.69, 9.17) is 4.74 Å². The highest BCUT2D eigenvalue weighted by atomic mass is 32.2. The van der Waals surface area contributed by atoms with Gasteiger partial charge in [-0.25, -0.2) is 8.42 Å². The third-order valence-corrected chi connectivity index (χ3v) is 6.76. The first kappa shape index (κ1) is 21.5. The lowest BCUT2D eigenvalue weighted by molar-refractivity contribution is 0.218. The van der Waals surface area contributed by atoms with E-state index in [9.17, 15) is 8.42 Å². The molecule has 0 spiro atoms. The molecule has 2 atom stereocenters. The molecule has 0 bridgehead atoms. The van der Waals surface area contributed by atoms with Crippen molar-refractivity contribution in [2.75, 3.05) is 45.3 Å². The summed E-state index contributed by atoms with van der Waals surface area (Å²) >= 11 is 0. The Labute approximate surface area is 163 Å². The summed E-state index contributed by atoms with van der Waals surface area (Å²) in [5.41, 5.74) is 1.17. The van der Waals surface area contributed by atoms with Crippen molar-refractivity contribution in [3.63, 3.8) is 0 Å². The Balaban J connectivity index is 2.07. The predicted molar refractivity (Wildman–Crippen MR) is 110 cm³/mol. The van der Waals surface area contributed by atoms with Gasteiger partial charge in [0.25, 0.3) is 0 Å². The number of ether oxygens (including phenoxy) is 1. The summed E-state index contributed by atoms with van der Waals surface area (Å²) in [5, 5.41) is 6.61. The number of nitrogens with zero attached hydrogens (tertiary/aromatic N) is 2. The molecule has 0 saturated carbocycles. The van der Waals surface area contributed by atoms with Gasteiger partial charge in [0.1, 0.15) is 5.75 Å². The van der Waals surface area contributed by atoms with E-state index in [1.807, 2.05) is 12.1 Å². The predicted octanol–water partition coefficient (Wildman–Crippen LogP) is 1.43. The van der Waals surface area contributed by atoms with Gasteiger partial charge in [-0.1, -0.05) is 26.0 Å². The highest BCUT2D eigenvalue weighted by Gasteiger charge is 2.28. The van der Waals surface area contributed by atoms with Crippen LogP contribution in [0.4, 0.5) is 0 Å². The van der Waals surface area contributed by atoms with Crippen LogP contribution in [0.5, 0.6) is 5.75 Å².